The summed E-state index contributed by atoms with van der Waals surface area (Å²) in [5, 5.41) is 21.0. The fourth-order valence-corrected chi connectivity index (χ4v) is 6.07. The molecule has 3 aliphatic rings. The number of fused-ring (bicyclic) bond motifs is 4. The van der Waals surface area contributed by atoms with Crippen molar-refractivity contribution in [3.05, 3.63) is 65.1 Å². The third-order valence-electron chi connectivity index (χ3n) is 8.04. The second-order valence-electron chi connectivity index (χ2n) is 10.4. The zero-order chi connectivity index (χ0) is 24.5. The smallest absolute Gasteiger partial charge is 0.146 e. The zero-order valence-electron chi connectivity index (χ0n) is 19.9. The van der Waals surface area contributed by atoms with Gasteiger partial charge in [-0.05, 0) is 61.4 Å². The van der Waals surface area contributed by atoms with Crippen molar-refractivity contribution < 1.29 is 9.50 Å². The molecular weight excluding hydrogens is 443 g/mol. The number of pyridine rings is 1. The lowest BCUT2D eigenvalue weighted by Crippen LogP contribution is -2.51. The SMILES string of the molecule is C[C@@H]1CN(c2ccc(C#N)c3ncccc23)C[C@@H]2c3cc(F)c(N4C[C@H](N)[C@@](C)(O)C4)cc3CN12. The Kier molecular flexibility index (Phi) is 5.01. The summed E-state index contributed by atoms with van der Waals surface area (Å²) in [7, 11) is 0. The first-order valence-electron chi connectivity index (χ1n) is 12.1. The van der Waals surface area contributed by atoms with Gasteiger partial charge in [-0.25, -0.2) is 4.39 Å². The minimum Gasteiger partial charge on any atom is -0.387 e. The lowest BCUT2D eigenvalue weighted by atomic mass is 9.99. The summed E-state index contributed by atoms with van der Waals surface area (Å²) in [6, 6.07) is 13.6. The van der Waals surface area contributed by atoms with Crippen LogP contribution in [0.4, 0.5) is 15.8 Å². The summed E-state index contributed by atoms with van der Waals surface area (Å²) in [4.78, 5) is 11.1. The number of benzene rings is 2. The van der Waals surface area contributed by atoms with Crippen molar-refractivity contribution in [2.45, 2.75) is 44.1 Å². The molecule has 2 fully saturated rings. The van der Waals surface area contributed by atoms with Crippen molar-refractivity contribution in [3.8, 4) is 6.07 Å². The molecule has 0 radical (unpaired) electrons. The van der Waals surface area contributed by atoms with E-state index in [4.69, 9.17) is 5.73 Å². The highest BCUT2D eigenvalue weighted by Gasteiger charge is 2.43. The lowest BCUT2D eigenvalue weighted by Gasteiger charge is -2.43. The topological polar surface area (TPSA) is 92.7 Å². The first-order valence-corrected chi connectivity index (χ1v) is 12.1. The van der Waals surface area contributed by atoms with Gasteiger partial charge in [-0.2, -0.15) is 5.26 Å². The van der Waals surface area contributed by atoms with Crippen LogP contribution in [0.25, 0.3) is 10.9 Å². The van der Waals surface area contributed by atoms with E-state index in [1.165, 1.54) is 0 Å². The van der Waals surface area contributed by atoms with Crippen LogP contribution in [-0.2, 0) is 6.54 Å². The van der Waals surface area contributed by atoms with E-state index in [2.05, 4.69) is 27.8 Å². The molecule has 0 saturated carbocycles. The maximum absolute atomic E-state index is 15.4. The molecule has 1 aromatic heterocycles. The van der Waals surface area contributed by atoms with Crippen molar-refractivity contribution >= 4 is 22.3 Å². The molecule has 4 heterocycles. The van der Waals surface area contributed by atoms with Crippen LogP contribution in [0.3, 0.4) is 0 Å². The Morgan fingerprint density at radius 3 is 2.74 bits per heavy atom. The van der Waals surface area contributed by atoms with Crippen LogP contribution in [0, 0.1) is 17.1 Å². The Balaban J connectivity index is 1.34. The van der Waals surface area contributed by atoms with Crippen molar-refractivity contribution in [3.63, 3.8) is 0 Å². The standard InChI is InChI=1S/C27H29FN6O/c1-16-11-32(22-6-5-17(10-29)26-19(22)4-3-7-31-26)13-24-20-9-21(28)23(8-18(20)12-34(16)24)33-14-25(30)27(2,35)15-33/h3-9,16,24-25,35H,11-15,30H2,1-2H3/t16-,24-,25+,27+/m1/s1. The molecule has 35 heavy (non-hydrogen) atoms. The van der Waals surface area contributed by atoms with Gasteiger partial charge in [0.15, 0.2) is 0 Å². The molecule has 0 amide bonds. The average Bonchev–Trinajstić information content (AvgIpc) is 3.33. The minimum atomic E-state index is -1.03. The third kappa shape index (κ3) is 3.46. The number of β-amino-alcohol motifs (C(OH)–C–C–N with tert-alkyl or cyclic N) is 1. The van der Waals surface area contributed by atoms with E-state index >= 15 is 4.39 Å². The highest BCUT2D eigenvalue weighted by molar-refractivity contribution is 5.95. The predicted molar refractivity (Wildman–Crippen MR) is 134 cm³/mol. The van der Waals surface area contributed by atoms with Gasteiger partial charge in [-0.3, -0.25) is 9.88 Å². The number of hydrogen-bond acceptors (Lipinski definition) is 7. The van der Waals surface area contributed by atoms with Gasteiger partial charge in [-0.1, -0.05) is 0 Å². The van der Waals surface area contributed by atoms with Crippen molar-refractivity contribution in [1.82, 2.24) is 9.88 Å². The van der Waals surface area contributed by atoms with Gasteiger partial charge < -0.3 is 20.6 Å². The van der Waals surface area contributed by atoms with Gasteiger partial charge in [-0.15, -0.1) is 0 Å². The largest absolute Gasteiger partial charge is 0.387 e. The molecular formula is C27H29FN6O. The maximum Gasteiger partial charge on any atom is 0.146 e. The van der Waals surface area contributed by atoms with E-state index in [0.29, 0.717) is 29.9 Å². The van der Waals surface area contributed by atoms with Gasteiger partial charge in [0.25, 0.3) is 0 Å². The first kappa shape index (κ1) is 22.2. The van der Waals surface area contributed by atoms with E-state index in [1.807, 2.05) is 35.2 Å². The Bertz CT molecular complexity index is 1370. The van der Waals surface area contributed by atoms with Gasteiger partial charge >= 0.3 is 0 Å². The number of piperazine rings is 1. The van der Waals surface area contributed by atoms with Crippen LogP contribution in [0.1, 0.15) is 36.6 Å². The highest BCUT2D eigenvalue weighted by Crippen LogP contribution is 2.43. The second kappa shape index (κ2) is 7.89. The fraction of sp³-hybridized carbons (Fsp3) is 0.407. The number of nitrogens with zero attached hydrogens (tertiary/aromatic N) is 5. The minimum absolute atomic E-state index is 0.0728. The first-order chi connectivity index (χ1) is 16.8. The Morgan fingerprint density at radius 2 is 2.00 bits per heavy atom. The molecule has 8 heteroatoms. The molecule has 2 aromatic carbocycles. The number of aliphatic hydroxyl groups is 1. The maximum atomic E-state index is 15.4. The molecule has 0 bridgehead atoms. The zero-order valence-corrected chi connectivity index (χ0v) is 19.9. The predicted octanol–water partition coefficient (Wildman–Crippen LogP) is 2.91. The summed E-state index contributed by atoms with van der Waals surface area (Å²) in [6.07, 6.45) is 1.72. The number of rotatable bonds is 2. The summed E-state index contributed by atoms with van der Waals surface area (Å²) >= 11 is 0. The molecule has 0 unspecified atom stereocenters. The normalized spacial score (nSPS) is 28.3. The van der Waals surface area contributed by atoms with E-state index < -0.39 is 11.6 Å². The summed E-state index contributed by atoms with van der Waals surface area (Å²) in [5.41, 5.74) is 10.1. The van der Waals surface area contributed by atoms with Crippen molar-refractivity contribution in [1.29, 1.82) is 5.26 Å². The van der Waals surface area contributed by atoms with Gasteiger partial charge in [0, 0.05) is 56.0 Å². The Morgan fingerprint density at radius 1 is 1.17 bits per heavy atom. The number of aromatic nitrogens is 1. The number of anilines is 2. The molecule has 4 atom stereocenters. The van der Waals surface area contributed by atoms with Crippen LogP contribution in [0.15, 0.2) is 42.6 Å². The molecule has 3 aliphatic heterocycles. The molecule has 6 rings (SSSR count). The van der Waals surface area contributed by atoms with Crippen LogP contribution < -0.4 is 15.5 Å². The Labute approximate surface area is 204 Å². The summed E-state index contributed by atoms with van der Waals surface area (Å²) in [5.74, 6) is -0.270. The van der Waals surface area contributed by atoms with Crippen molar-refractivity contribution in [2.24, 2.45) is 5.73 Å². The van der Waals surface area contributed by atoms with Crippen LogP contribution >= 0.6 is 0 Å². The number of nitrogens with two attached hydrogens (primary N) is 1. The lowest BCUT2D eigenvalue weighted by molar-refractivity contribution is 0.0674. The van der Waals surface area contributed by atoms with Crippen molar-refractivity contribution in [2.75, 3.05) is 36.0 Å². The quantitative estimate of drug-likeness (QED) is 0.592. The third-order valence-corrected chi connectivity index (χ3v) is 8.04. The van der Waals surface area contributed by atoms with E-state index in [-0.39, 0.29) is 17.9 Å². The average molecular weight is 473 g/mol. The number of halogens is 1. The molecule has 180 valence electrons. The van der Waals surface area contributed by atoms with E-state index in [0.717, 1.165) is 41.8 Å². The van der Waals surface area contributed by atoms with E-state index in [9.17, 15) is 10.4 Å². The summed E-state index contributed by atoms with van der Waals surface area (Å²) < 4.78 is 15.4. The van der Waals surface area contributed by atoms with Crippen LogP contribution in [0.2, 0.25) is 0 Å². The summed E-state index contributed by atoms with van der Waals surface area (Å²) in [6.45, 7) is 7.01. The molecule has 3 N–H and O–H groups in total. The number of nitriles is 1. The molecule has 0 aliphatic carbocycles. The highest BCUT2D eigenvalue weighted by atomic mass is 19.1. The number of hydrogen-bond donors (Lipinski definition) is 2. The van der Waals surface area contributed by atoms with Gasteiger partial charge in [0.1, 0.15) is 11.9 Å². The fourth-order valence-electron chi connectivity index (χ4n) is 6.07. The molecule has 2 saturated heterocycles. The Hall–Kier alpha value is -3.25. The second-order valence-corrected chi connectivity index (χ2v) is 10.4. The van der Waals surface area contributed by atoms with E-state index in [1.54, 1.807) is 19.2 Å². The molecule has 0 spiro atoms. The van der Waals surface area contributed by atoms with Crippen LogP contribution in [-0.4, -0.2) is 58.9 Å². The van der Waals surface area contributed by atoms with Crippen LogP contribution in [0.5, 0.6) is 0 Å². The van der Waals surface area contributed by atoms with Gasteiger partial charge in [0.05, 0.1) is 34.5 Å². The molecule has 3 aromatic rings. The molecule has 7 nitrogen and oxygen atoms in total. The van der Waals surface area contributed by atoms with Gasteiger partial charge in [0.2, 0.25) is 0 Å². The monoisotopic (exact) mass is 472 g/mol.